The normalized spacial score (nSPS) is 10.8. The van der Waals surface area contributed by atoms with Crippen LogP contribution in [0.15, 0.2) is 54.7 Å². The van der Waals surface area contributed by atoms with Crippen LogP contribution in [0.4, 0.5) is 0 Å². The van der Waals surface area contributed by atoms with Gasteiger partial charge in [-0.05, 0) is 35.2 Å². The van der Waals surface area contributed by atoms with E-state index in [0.717, 1.165) is 33.6 Å². The van der Waals surface area contributed by atoms with Gasteiger partial charge in [-0.15, -0.1) is 0 Å². The molecule has 106 valence electrons. The van der Waals surface area contributed by atoms with E-state index >= 15 is 0 Å². The molecule has 0 atom stereocenters. The lowest BCUT2D eigenvalue weighted by Gasteiger charge is -2.08. The van der Waals surface area contributed by atoms with Gasteiger partial charge < -0.3 is 4.57 Å². The van der Waals surface area contributed by atoms with Crippen LogP contribution in [0.3, 0.4) is 0 Å². The van der Waals surface area contributed by atoms with Crippen molar-refractivity contribution in [3.63, 3.8) is 0 Å². The predicted molar refractivity (Wildman–Crippen MR) is 89.1 cm³/mol. The highest BCUT2D eigenvalue weighted by Crippen LogP contribution is 2.20. The molecular weight excluding hydrogens is 304 g/mol. The average Bonchev–Trinajstić information content (AvgIpc) is 2.89. The molecule has 0 amide bonds. The average molecular weight is 317 g/mol. The number of aromatic nitrogens is 1. The van der Waals surface area contributed by atoms with E-state index in [2.05, 4.69) is 10.6 Å². The topological polar surface area (TPSA) is 37.2 Å². The van der Waals surface area contributed by atoms with Crippen LogP contribution < -0.4 is 5.48 Å². The molecule has 0 bridgehead atoms. The van der Waals surface area contributed by atoms with Gasteiger partial charge in [0.15, 0.2) is 0 Å². The number of halogens is 1. The molecule has 0 fully saturated rings. The first-order valence-electron chi connectivity index (χ1n) is 6.45. The fourth-order valence-electron chi connectivity index (χ4n) is 2.36. The number of thiocarbonyl (C=S) groups is 1. The van der Waals surface area contributed by atoms with Gasteiger partial charge in [-0.25, -0.2) is 0 Å². The van der Waals surface area contributed by atoms with Crippen LogP contribution in [-0.4, -0.2) is 14.8 Å². The van der Waals surface area contributed by atoms with Gasteiger partial charge in [0.2, 0.25) is 0 Å². The first-order valence-corrected chi connectivity index (χ1v) is 7.24. The zero-order valence-corrected chi connectivity index (χ0v) is 12.7. The molecule has 3 aromatic rings. The minimum absolute atomic E-state index is 0.312. The molecule has 2 aromatic carbocycles. The molecule has 0 radical (unpaired) electrons. The second-order valence-electron chi connectivity index (χ2n) is 4.79. The van der Waals surface area contributed by atoms with Crippen LogP contribution in [0, 0.1) is 0 Å². The monoisotopic (exact) mass is 316 g/mol. The highest BCUT2D eigenvalue weighted by molar-refractivity contribution is 7.80. The van der Waals surface area contributed by atoms with E-state index in [-0.39, 0.29) is 0 Å². The number of hydrogen-bond donors (Lipinski definition) is 2. The molecule has 5 heteroatoms. The Morgan fingerprint density at radius 2 is 2.05 bits per heavy atom. The lowest BCUT2D eigenvalue weighted by atomic mass is 10.1. The van der Waals surface area contributed by atoms with Crippen LogP contribution in [0.5, 0.6) is 0 Å². The number of nitrogens with zero attached hydrogens (tertiary/aromatic N) is 1. The largest absolute Gasteiger partial charge is 0.343 e. The summed E-state index contributed by atoms with van der Waals surface area (Å²) in [6.07, 6.45) is 2.03. The van der Waals surface area contributed by atoms with Crippen LogP contribution in [-0.2, 0) is 6.54 Å². The summed E-state index contributed by atoms with van der Waals surface area (Å²) in [5, 5.41) is 10.8. The zero-order chi connectivity index (χ0) is 14.8. The predicted octanol–water partition coefficient (Wildman–Crippen LogP) is 4.00. The Labute approximate surface area is 132 Å². The summed E-state index contributed by atoms with van der Waals surface area (Å²) >= 11 is 11.1. The number of benzene rings is 2. The SMILES string of the molecule is ONC(=S)c1ccc2ccn(Cc3cccc(Cl)c3)c2c1. The van der Waals surface area contributed by atoms with Gasteiger partial charge >= 0.3 is 0 Å². The summed E-state index contributed by atoms with van der Waals surface area (Å²) in [6, 6.07) is 15.7. The highest BCUT2D eigenvalue weighted by atomic mass is 35.5. The van der Waals surface area contributed by atoms with Crippen LogP contribution in [0.25, 0.3) is 10.9 Å². The van der Waals surface area contributed by atoms with Gasteiger partial charge in [-0.2, -0.15) is 0 Å². The Hall–Kier alpha value is -1.88. The molecule has 0 saturated carbocycles. The fraction of sp³-hybridized carbons (Fsp3) is 0.0625. The second kappa shape index (κ2) is 5.85. The van der Waals surface area contributed by atoms with E-state index < -0.39 is 0 Å². The number of hydrogen-bond acceptors (Lipinski definition) is 2. The van der Waals surface area contributed by atoms with Crippen LogP contribution in [0.1, 0.15) is 11.1 Å². The van der Waals surface area contributed by atoms with Crippen molar-refractivity contribution < 1.29 is 5.21 Å². The van der Waals surface area contributed by atoms with Crippen LogP contribution >= 0.6 is 23.8 Å². The third-order valence-electron chi connectivity index (χ3n) is 3.38. The molecular formula is C16H13ClN2OS. The molecule has 3 rings (SSSR count). The number of hydroxylamine groups is 1. The molecule has 0 aliphatic carbocycles. The molecule has 1 aromatic heterocycles. The Morgan fingerprint density at radius 3 is 2.81 bits per heavy atom. The van der Waals surface area contributed by atoms with Gasteiger partial charge in [0, 0.05) is 28.8 Å². The van der Waals surface area contributed by atoms with Gasteiger partial charge in [0.25, 0.3) is 0 Å². The third kappa shape index (κ3) is 2.93. The van der Waals surface area contributed by atoms with Crippen molar-refractivity contribution in [1.29, 1.82) is 0 Å². The molecule has 0 aliphatic heterocycles. The van der Waals surface area contributed by atoms with Crippen LogP contribution in [0.2, 0.25) is 5.02 Å². The molecule has 1 heterocycles. The molecule has 21 heavy (non-hydrogen) atoms. The maximum Gasteiger partial charge on any atom is 0.130 e. The van der Waals surface area contributed by atoms with Crippen molar-refractivity contribution in [3.05, 3.63) is 70.9 Å². The van der Waals surface area contributed by atoms with Gasteiger partial charge in [-0.3, -0.25) is 10.7 Å². The number of nitrogens with one attached hydrogen (secondary N) is 1. The molecule has 3 nitrogen and oxygen atoms in total. The smallest absolute Gasteiger partial charge is 0.130 e. The number of fused-ring (bicyclic) bond motifs is 1. The molecule has 0 unspecified atom stereocenters. The molecule has 0 aliphatic rings. The molecule has 0 saturated heterocycles. The van der Waals surface area contributed by atoms with Gasteiger partial charge in [0.1, 0.15) is 4.99 Å². The van der Waals surface area contributed by atoms with E-state index in [1.165, 1.54) is 0 Å². The quantitative estimate of drug-likeness (QED) is 0.566. The van der Waals surface area contributed by atoms with Crippen molar-refractivity contribution in [2.75, 3.05) is 0 Å². The highest BCUT2D eigenvalue weighted by Gasteiger charge is 2.06. The Balaban J connectivity index is 2.00. The summed E-state index contributed by atoms with van der Waals surface area (Å²) in [4.78, 5) is 0.312. The summed E-state index contributed by atoms with van der Waals surface area (Å²) in [5.41, 5.74) is 5.00. The minimum atomic E-state index is 0.312. The molecule has 0 spiro atoms. The van der Waals surface area contributed by atoms with Crippen molar-refractivity contribution in [2.24, 2.45) is 0 Å². The van der Waals surface area contributed by atoms with Crippen molar-refractivity contribution >= 4 is 39.7 Å². The van der Waals surface area contributed by atoms with E-state index in [1.807, 2.05) is 54.1 Å². The first-order chi connectivity index (χ1) is 10.2. The fourth-order valence-corrected chi connectivity index (χ4v) is 2.70. The first kappa shape index (κ1) is 14.1. The Morgan fingerprint density at radius 1 is 1.19 bits per heavy atom. The van der Waals surface area contributed by atoms with Crippen molar-refractivity contribution in [3.8, 4) is 0 Å². The summed E-state index contributed by atoms with van der Waals surface area (Å²) in [7, 11) is 0. The summed E-state index contributed by atoms with van der Waals surface area (Å²) < 4.78 is 2.13. The zero-order valence-electron chi connectivity index (χ0n) is 11.1. The standard InChI is InChI=1S/C16H13ClN2OS/c17-14-3-1-2-11(8-14)10-19-7-6-12-4-5-13(9-15(12)19)16(21)18-20/h1-9,20H,10H2,(H,18,21). The molecule has 2 N–H and O–H groups in total. The third-order valence-corrected chi connectivity index (χ3v) is 3.94. The lowest BCUT2D eigenvalue weighted by molar-refractivity contribution is 0.238. The van der Waals surface area contributed by atoms with Crippen molar-refractivity contribution in [1.82, 2.24) is 10.0 Å². The summed E-state index contributed by atoms with van der Waals surface area (Å²) in [5.74, 6) is 0. The van der Waals surface area contributed by atoms with E-state index in [9.17, 15) is 0 Å². The van der Waals surface area contributed by atoms with E-state index in [1.54, 1.807) is 0 Å². The van der Waals surface area contributed by atoms with E-state index in [0.29, 0.717) is 4.99 Å². The Kier molecular flexibility index (Phi) is 3.92. The maximum atomic E-state index is 8.93. The van der Waals surface area contributed by atoms with Gasteiger partial charge in [0.05, 0.1) is 0 Å². The lowest BCUT2D eigenvalue weighted by Crippen LogP contribution is -2.17. The number of rotatable bonds is 3. The Bertz CT molecular complexity index is 813. The second-order valence-corrected chi connectivity index (χ2v) is 5.63. The maximum absolute atomic E-state index is 8.93. The minimum Gasteiger partial charge on any atom is -0.343 e. The van der Waals surface area contributed by atoms with Crippen molar-refractivity contribution in [2.45, 2.75) is 6.54 Å². The van der Waals surface area contributed by atoms with Gasteiger partial charge in [-0.1, -0.05) is 48.1 Å². The summed E-state index contributed by atoms with van der Waals surface area (Å²) in [6.45, 7) is 0.729. The van der Waals surface area contributed by atoms with E-state index in [4.69, 9.17) is 29.0 Å².